The minimum atomic E-state index is -0.0441. The summed E-state index contributed by atoms with van der Waals surface area (Å²) in [5, 5.41) is 8.83. The first kappa shape index (κ1) is 15.9. The summed E-state index contributed by atoms with van der Waals surface area (Å²) >= 11 is 0. The van der Waals surface area contributed by atoms with E-state index in [0.717, 1.165) is 25.0 Å². The van der Waals surface area contributed by atoms with Crippen LogP contribution in [0.3, 0.4) is 0 Å². The Morgan fingerprint density at radius 3 is 1.61 bits per heavy atom. The molecular formula is C15H32N2O. The van der Waals surface area contributed by atoms with Crippen LogP contribution in [-0.2, 0) is 0 Å². The fraction of sp³-hybridized carbons (Fsp3) is 1.00. The first-order valence-electron chi connectivity index (χ1n) is 7.56. The summed E-state index contributed by atoms with van der Waals surface area (Å²) in [6, 6.07) is 1.37. The molecule has 108 valence electrons. The molecule has 18 heavy (non-hydrogen) atoms. The molecule has 2 rings (SSSR count). The molecule has 0 spiro atoms. The molecule has 1 N–H and O–H groups in total. The van der Waals surface area contributed by atoms with Crippen molar-refractivity contribution in [1.82, 2.24) is 9.80 Å². The van der Waals surface area contributed by atoms with Gasteiger partial charge in [0.05, 0.1) is 6.10 Å². The molecule has 2 aliphatic heterocycles. The van der Waals surface area contributed by atoms with Gasteiger partial charge in [-0.05, 0) is 59.5 Å². The fourth-order valence-corrected chi connectivity index (χ4v) is 2.45. The van der Waals surface area contributed by atoms with Gasteiger partial charge >= 0.3 is 0 Å². The molecule has 2 fully saturated rings. The van der Waals surface area contributed by atoms with Crippen LogP contribution in [0.2, 0.25) is 0 Å². The number of aliphatic hydroxyl groups excluding tert-OH is 1. The van der Waals surface area contributed by atoms with Gasteiger partial charge in [-0.2, -0.15) is 0 Å². The number of piperidine rings is 1. The number of rotatable bonds is 2. The average molecular weight is 256 g/mol. The molecule has 3 nitrogen and oxygen atoms in total. The first-order valence-corrected chi connectivity index (χ1v) is 7.56. The van der Waals surface area contributed by atoms with E-state index in [1.807, 2.05) is 0 Å². The largest absolute Gasteiger partial charge is 0.390 e. The molecule has 0 bridgehead atoms. The Morgan fingerprint density at radius 2 is 1.33 bits per heavy atom. The molecule has 0 radical (unpaired) electrons. The number of β-amino-alcohol motifs (C(OH)–C–C–N with tert-alkyl or cyclic N) is 1. The Bertz CT molecular complexity index is 217. The van der Waals surface area contributed by atoms with E-state index in [-0.39, 0.29) is 6.10 Å². The van der Waals surface area contributed by atoms with Crippen molar-refractivity contribution in [2.75, 3.05) is 26.2 Å². The van der Waals surface area contributed by atoms with E-state index in [2.05, 4.69) is 44.4 Å². The van der Waals surface area contributed by atoms with Gasteiger partial charge in [-0.25, -0.2) is 0 Å². The van der Waals surface area contributed by atoms with E-state index in [1.54, 1.807) is 0 Å². The van der Waals surface area contributed by atoms with Gasteiger partial charge in [0.25, 0.3) is 0 Å². The van der Waals surface area contributed by atoms with E-state index in [1.165, 1.54) is 25.9 Å². The normalized spacial score (nSPS) is 24.0. The summed E-state index contributed by atoms with van der Waals surface area (Å²) in [4.78, 5) is 4.81. The molecule has 0 aliphatic carbocycles. The lowest BCUT2D eigenvalue weighted by Crippen LogP contribution is -2.53. The highest BCUT2D eigenvalue weighted by molar-refractivity contribution is 4.80. The third-order valence-electron chi connectivity index (χ3n) is 4.17. The van der Waals surface area contributed by atoms with Gasteiger partial charge in [-0.1, -0.05) is 6.92 Å². The zero-order valence-electron chi connectivity index (χ0n) is 12.9. The quantitative estimate of drug-likeness (QED) is 0.820. The Kier molecular flexibility index (Phi) is 6.61. The molecule has 0 aromatic heterocycles. The third-order valence-corrected chi connectivity index (χ3v) is 4.17. The van der Waals surface area contributed by atoms with E-state index in [9.17, 15) is 0 Å². The van der Waals surface area contributed by atoms with Crippen LogP contribution in [-0.4, -0.2) is 59.3 Å². The molecule has 2 heterocycles. The Balaban J connectivity index is 0.000000184. The van der Waals surface area contributed by atoms with Crippen LogP contribution < -0.4 is 0 Å². The van der Waals surface area contributed by atoms with E-state index in [0.29, 0.717) is 6.04 Å². The lowest BCUT2D eigenvalue weighted by Gasteiger charge is -2.38. The SMILES string of the molecule is CC(C)N1CC(O)C1.CC1CCN(C(C)C)CC1. The van der Waals surface area contributed by atoms with Crippen LogP contribution in [0.1, 0.15) is 47.5 Å². The number of nitrogens with zero attached hydrogens (tertiary/aromatic N) is 2. The van der Waals surface area contributed by atoms with Crippen molar-refractivity contribution in [3.63, 3.8) is 0 Å². The van der Waals surface area contributed by atoms with Crippen molar-refractivity contribution >= 4 is 0 Å². The first-order chi connectivity index (χ1) is 8.40. The molecule has 2 aliphatic rings. The highest BCUT2D eigenvalue weighted by atomic mass is 16.3. The molecule has 2 saturated heterocycles. The molecule has 3 heteroatoms. The summed E-state index contributed by atoms with van der Waals surface area (Å²) in [6.07, 6.45) is 2.76. The predicted octanol–water partition coefficient (Wildman–Crippen LogP) is 2.20. The van der Waals surface area contributed by atoms with Gasteiger partial charge < -0.3 is 10.0 Å². The van der Waals surface area contributed by atoms with Crippen LogP contribution in [0.25, 0.3) is 0 Å². The number of likely N-dealkylation sites (tertiary alicyclic amines) is 2. The minimum Gasteiger partial charge on any atom is -0.390 e. The summed E-state index contributed by atoms with van der Waals surface area (Å²) in [6.45, 7) is 15.6. The van der Waals surface area contributed by atoms with Crippen LogP contribution in [0, 0.1) is 5.92 Å². The van der Waals surface area contributed by atoms with E-state index in [4.69, 9.17) is 5.11 Å². The standard InChI is InChI=1S/C9H19N.C6H13NO/c1-8(2)10-6-4-9(3)5-7-10;1-5(2)7-3-6(8)4-7/h8-9H,4-7H2,1-3H3;5-6,8H,3-4H2,1-2H3. The fourth-order valence-electron chi connectivity index (χ4n) is 2.45. The van der Waals surface area contributed by atoms with Crippen LogP contribution in [0.5, 0.6) is 0 Å². The second-order valence-corrected chi connectivity index (χ2v) is 6.51. The number of hydrogen-bond acceptors (Lipinski definition) is 3. The molecule has 0 aromatic carbocycles. The van der Waals surface area contributed by atoms with Crippen LogP contribution in [0.4, 0.5) is 0 Å². The summed E-state index contributed by atoms with van der Waals surface area (Å²) in [5.74, 6) is 0.968. The van der Waals surface area contributed by atoms with E-state index < -0.39 is 0 Å². The molecule has 0 aromatic rings. The van der Waals surface area contributed by atoms with Crippen molar-refractivity contribution in [3.8, 4) is 0 Å². The van der Waals surface area contributed by atoms with Crippen LogP contribution in [0.15, 0.2) is 0 Å². The predicted molar refractivity (Wildman–Crippen MR) is 77.8 cm³/mol. The average Bonchev–Trinajstić information content (AvgIpc) is 2.26. The molecule has 0 atom stereocenters. The summed E-state index contributed by atoms with van der Waals surface area (Å²) in [7, 11) is 0. The van der Waals surface area contributed by atoms with Crippen molar-refractivity contribution in [2.24, 2.45) is 5.92 Å². The minimum absolute atomic E-state index is 0.0441. The topological polar surface area (TPSA) is 26.7 Å². The third kappa shape index (κ3) is 5.25. The lowest BCUT2D eigenvalue weighted by molar-refractivity contribution is -0.0161. The van der Waals surface area contributed by atoms with Crippen molar-refractivity contribution in [3.05, 3.63) is 0 Å². The molecule has 0 saturated carbocycles. The number of aliphatic hydroxyl groups is 1. The monoisotopic (exact) mass is 256 g/mol. The second kappa shape index (κ2) is 7.46. The van der Waals surface area contributed by atoms with Gasteiger partial charge in [0.2, 0.25) is 0 Å². The number of hydrogen-bond donors (Lipinski definition) is 1. The van der Waals surface area contributed by atoms with Gasteiger partial charge in [0, 0.05) is 25.2 Å². The zero-order chi connectivity index (χ0) is 13.7. The lowest BCUT2D eigenvalue weighted by atomic mass is 9.98. The smallest absolute Gasteiger partial charge is 0.0794 e. The highest BCUT2D eigenvalue weighted by Crippen LogP contribution is 2.17. The summed E-state index contributed by atoms with van der Waals surface area (Å²) < 4.78 is 0. The van der Waals surface area contributed by atoms with Crippen molar-refractivity contribution in [2.45, 2.75) is 65.6 Å². The molecule has 0 unspecified atom stereocenters. The highest BCUT2D eigenvalue weighted by Gasteiger charge is 2.25. The van der Waals surface area contributed by atoms with Crippen molar-refractivity contribution in [1.29, 1.82) is 0 Å². The maximum absolute atomic E-state index is 8.83. The molecule has 0 amide bonds. The zero-order valence-corrected chi connectivity index (χ0v) is 12.9. The van der Waals surface area contributed by atoms with Gasteiger partial charge in [0.15, 0.2) is 0 Å². The molecular weight excluding hydrogens is 224 g/mol. The van der Waals surface area contributed by atoms with Gasteiger partial charge in [0.1, 0.15) is 0 Å². The van der Waals surface area contributed by atoms with Crippen LogP contribution >= 0.6 is 0 Å². The Labute approximate surface area is 113 Å². The van der Waals surface area contributed by atoms with Gasteiger partial charge in [-0.3, -0.25) is 4.90 Å². The van der Waals surface area contributed by atoms with Crippen molar-refractivity contribution < 1.29 is 5.11 Å². The summed E-state index contributed by atoms with van der Waals surface area (Å²) in [5.41, 5.74) is 0. The van der Waals surface area contributed by atoms with Gasteiger partial charge in [-0.15, -0.1) is 0 Å². The maximum atomic E-state index is 8.83. The van der Waals surface area contributed by atoms with E-state index >= 15 is 0 Å². The Hall–Kier alpha value is -0.120. The second-order valence-electron chi connectivity index (χ2n) is 6.51. The Morgan fingerprint density at radius 1 is 0.889 bits per heavy atom. The maximum Gasteiger partial charge on any atom is 0.0794 e.